The minimum absolute atomic E-state index is 0.147. The Kier molecular flexibility index (Phi) is 6.66. The molecule has 3 aromatic rings. The molecule has 0 spiro atoms. The lowest BCUT2D eigenvalue weighted by molar-refractivity contribution is -0.388. The molecule has 1 N–H and O–H groups in total. The van der Waals surface area contributed by atoms with Crippen molar-refractivity contribution in [1.29, 1.82) is 0 Å². The van der Waals surface area contributed by atoms with Gasteiger partial charge < -0.3 is 10.1 Å². The highest BCUT2D eigenvalue weighted by Crippen LogP contribution is 2.39. The van der Waals surface area contributed by atoms with Gasteiger partial charge >= 0.3 is 0 Å². The molecule has 1 saturated heterocycles. The number of aromatic nitrogens is 2. The molecule has 0 bridgehead atoms. The van der Waals surface area contributed by atoms with Crippen LogP contribution < -0.4 is 5.32 Å². The number of hydrogen-bond donors (Lipinski definition) is 1. The largest absolute Gasteiger partial charge is 0.379 e. The summed E-state index contributed by atoms with van der Waals surface area (Å²) in [7, 11) is -3.86. The number of anilines is 2. The fraction of sp³-hybridized carbons (Fsp3) is 0.222. The Morgan fingerprint density at radius 1 is 1.16 bits per heavy atom. The molecule has 0 amide bonds. The zero-order valence-electron chi connectivity index (χ0n) is 16.3. The van der Waals surface area contributed by atoms with Crippen LogP contribution >= 0.6 is 23.1 Å². The van der Waals surface area contributed by atoms with Crippen molar-refractivity contribution in [2.75, 3.05) is 31.6 Å². The van der Waals surface area contributed by atoms with Crippen molar-refractivity contribution in [3.63, 3.8) is 0 Å². The second-order valence-corrected chi connectivity index (χ2v) is 10.7. The second kappa shape index (κ2) is 9.46. The van der Waals surface area contributed by atoms with E-state index >= 15 is 0 Å². The first kappa shape index (κ1) is 22.5. The van der Waals surface area contributed by atoms with Gasteiger partial charge in [0, 0.05) is 24.8 Å². The summed E-state index contributed by atoms with van der Waals surface area (Å²) < 4.78 is 45.5. The SMILES string of the molecule is O=[N+]([O-])c1cc(S(=O)(=O)N2CCOCC2)ccc1Sc1nnc(Nc2ccc(F)cc2)s1. The molecular formula is C18H16FN5O5S3. The predicted octanol–water partition coefficient (Wildman–Crippen LogP) is 3.50. The summed E-state index contributed by atoms with van der Waals surface area (Å²) in [5.41, 5.74) is 0.273. The van der Waals surface area contributed by atoms with E-state index in [0.29, 0.717) is 15.2 Å². The van der Waals surface area contributed by atoms with E-state index in [9.17, 15) is 22.9 Å². The van der Waals surface area contributed by atoms with E-state index in [2.05, 4.69) is 15.5 Å². The van der Waals surface area contributed by atoms with Gasteiger partial charge in [-0.3, -0.25) is 10.1 Å². The Morgan fingerprint density at radius 2 is 1.88 bits per heavy atom. The molecule has 1 aliphatic rings. The lowest BCUT2D eigenvalue weighted by atomic mass is 10.3. The number of rotatable bonds is 7. The molecule has 0 atom stereocenters. The number of hydrogen-bond acceptors (Lipinski definition) is 10. The lowest BCUT2D eigenvalue weighted by Crippen LogP contribution is -2.40. The molecule has 2 heterocycles. The van der Waals surface area contributed by atoms with Crippen LogP contribution in [0.3, 0.4) is 0 Å². The predicted molar refractivity (Wildman–Crippen MR) is 116 cm³/mol. The number of morpholine rings is 1. The summed E-state index contributed by atoms with van der Waals surface area (Å²) in [6, 6.07) is 9.49. The van der Waals surface area contributed by atoms with Gasteiger partial charge in [-0.1, -0.05) is 11.3 Å². The Balaban J connectivity index is 1.54. The first-order valence-electron chi connectivity index (χ1n) is 9.23. The summed E-state index contributed by atoms with van der Waals surface area (Å²) in [6.07, 6.45) is 0. The number of nitro benzene ring substituents is 1. The molecule has 32 heavy (non-hydrogen) atoms. The van der Waals surface area contributed by atoms with Gasteiger partial charge in [-0.15, -0.1) is 10.2 Å². The Labute approximate surface area is 190 Å². The van der Waals surface area contributed by atoms with Crippen molar-refractivity contribution >= 4 is 49.6 Å². The van der Waals surface area contributed by atoms with E-state index in [0.717, 1.165) is 29.2 Å². The summed E-state index contributed by atoms with van der Waals surface area (Å²) >= 11 is 2.16. The molecule has 14 heteroatoms. The maximum absolute atomic E-state index is 13.0. The van der Waals surface area contributed by atoms with Gasteiger partial charge in [0.1, 0.15) is 5.82 Å². The molecule has 0 saturated carbocycles. The molecule has 1 fully saturated rings. The minimum atomic E-state index is -3.86. The van der Waals surface area contributed by atoms with Crippen LogP contribution in [0.4, 0.5) is 20.9 Å². The third-order valence-electron chi connectivity index (χ3n) is 4.43. The summed E-state index contributed by atoms with van der Waals surface area (Å²) in [5.74, 6) is -0.365. The number of nitrogens with zero attached hydrogens (tertiary/aromatic N) is 4. The lowest BCUT2D eigenvalue weighted by Gasteiger charge is -2.26. The van der Waals surface area contributed by atoms with Gasteiger partial charge in [-0.2, -0.15) is 4.31 Å². The van der Waals surface area contributed by atoms with Crippen LogP contribution in [-0.2, 0) is 14.8 Å². The van der Waals surface area contributed by atoms with Gasteiger partial charge in [-0.25, -0.2) is 12.8 Å². The zero-order valence-corrected chi connectivity index (χ0v) is 18.8. The topological polar surface area (TPSA) is 128 Å². The van der Waals surface area contributed by atoms with Crippen molar-refractivity contribution in [2.45, 2.75) is 14.1 Å². The van der Waals surface area contributed by atoms with Crippen LogP contribution in [0, 0.1) is 15.9 Å². The van der Waals surface area contributed by atoms with Crippen molar-refractivity contribution in [3.05, 3.63) is 58.4 Å². The van der Waals surface area contributed by atoms with E-state index in [-0.39, 0.29) is 47.6 Å². The smallest absolute Gasteiger partial charge is 0.284 e. The molecule has 10 nitrogen and oxygen atoms in total. The van der Waals surface area contributed by atoms with Crippen LogP contribution in [0.25, 0.3) is 0 Å². The average Bonchev–Trinajstić information content (AvgIpc) is 3.22. The Hall–Kier alpha value is -2.65. The number of nitro groups is 1. The average molecular weight is 498 g/mol. The highest BCUT2D eigenvalue weighted by atomic mass is 32.2. The first-order chi connectivity index (χ1) is 15.3. The van der Waals surface area contributed by atoms with Crippen molar-refractivity contribution in [2.24, 2.45) is 0 Å². The van der Waals surface area contributed by atoms with Crippen molar-refractivity contribution in [3.8, 4) is 0 Å². The fourth-order valence-electron chi connectivity index (χ4n) is 2.87. The van der Waals surface area contributed by atoms with Crippen LogP contribution in [-0.4, -0.2) is 54.1 Å². The quantitative estimate of drug-likeness (QED) is 0.385. The highest BCUT2D eigenvalue weighted by Gasteiger charge is 2.29. The number of ether oxygens (including phenoxy) is 1. The van der Waals surface area contributed by atoms with Crippen molar-refractivity contribution < 1.29 is 22.5 Å². The zero-order chi connectivity index (χ0) is 22.7. The monoisotopic (exact) mass is 497 g/mol. The number of sulfonamides is 1. The third-order valence-corrected chi connectivity index (χ3v) is 8.28. The highest BCUT2D eigenvalue weighted by molar-refractivity contribution is 8.01. The maximum Gasteiger partial charge on any atom is 0.284 e. The van der Waals surface area contributed by atoms with E-state index in [1.807, 2.05) is 0 Å². The van der Waals surface area contributed by atoms with Crippen molar-refractivity contribution in [1.82, 2.24) is 14.5 Å². The molecule has 1 aliphatic heterocycles. The van der Waals surface area contributed by atoms with E-state index in [4.69, 9.17) is 4.74 Å². The third kappa shape index (κ3) is 5.05. The number of nitrogens with one attached hydrogen (secondary N) is 1. The number of halogens is 1. The van der Waals surface area contributed by atoms with Gasteiger partial charge in [0.2, 0.25) is 15.2 Å². The molecule has 2 aromatic carbocycles. The standard InChI is InChI=1S/C18H16FN5O5S3/c19-12-1-3-13(4-2-12)20-17-21-22-18(31-17)30-16-6-5-14(11-15(16)24(25)26)32(27,28)23-7-9-29-10-8-23/h1-6,11H,7-10H2,(H,20,21). The Morgan fingerprint density at radius 3 is 2.56 bits per heavy atom. The van der Waals surface area contributed by atoms with Gasteiger partial charge in [0.25, 0.3) is 5.69 Å². The van der Waals surface area contributed by atoms with Crippen LogP contribution in [0.1, 0.15) is 0 Å². The summed E-state index contributed by atoms with van der Waals surface area (Å²) in [4.78, 5) is 11.1. The Bertz CT molecular complexity index is 1230. The normalized spacial score (nSPS) is 14.9. The van der Waals surface area contributed by atoms with Crippen LogP contribution in [0.15, 0.2) is 56.6 Å². The summed E-state index contributed by atoms with van der Waals surface area (Å²) in [6.45, 7) is 0.948. The van der Waals surface area contributed by atoms with Gasteiger partial charge in [0.05, 0.1) is 27.9 Å². The van der Waals surface area contributed by atoms with Crippen LogP contribution in [0.5, 0.6) is 0 Å². The second-order valence-electron chi connectivity index (χ2n) is 6.51. The van der Waals surface area contributed by atoms with Gasteiger partial charge in [0.15, 0.2) is 4.34 Å². The molecule has 0 aliphatic carbocycles. The molecule has 168 valence electrons. The molecule has 4 rings (SSSR count). The molecular weight excluding hydrogens is 481 g/mol. The molecule has 0 radical (unpaired) electrons. The van der Waals surface area contributed by atoms with Gasteiger partial charge in [-0.05, 0) is 48.2 Å². The summed E-state index contributed by atoms with van der Waals surface area (Å²) in [5, 5.41) is 23.0. The molecule has 1 aromatic heterocycles. The fourth-order valence-corrected chi connectivity index (χ4v) is 6.12. The van der Waals surface area contributed by atoms with E-state index < -0.39 is 14.9 Å². The first-order valence-corrected chi connectivity index (χ1v) is 12.3. The van der Waals surface area contributed by atoms with E-state index in [1.165, 1.54) is 28.6 Å². The molecule has 0 unspecified atom stereocenters. The number of benzene rings is 2. The maximum atomic E-state index is 13.0. The minimum Gasteiger partial charge on any atom is -0.379 e. The van der Waals surface area contributed by atoms with Crippen LogP contribution in [0.2, 0.25) is 0 Å². The van der Waals surface area contributed by atoms with E-state index in [1.54, 1.807) is 12.1 Å².